The Kier molecular flexibility index (Phi) is 5.84. The minimum Gasteiger partial charge on any atom is -0.354 e. The summed E-state index contributed by atoms with van der Waals surface area (Å²) in [4.78, 5) is 17.4. The van der Waals surface area contributed by atoms with Crippen molar-refractivity contribution in [2.45, 2.75) is 12.5 Å². The van der Waals surface area contributed by atoms with E-state index in [-0.39, 0.29) is 5.91 Å². The predicted octanol–water partition coefficient (Wildman–Crippen LogP) is 2.29. The highest BCUT2D eigenvalue weighted by Gasteiger charge is 2.32. The van der Waals surface area contributed by atoms with Crippen LogP contribution in [0.3, 0.4) is 0 Å². The highest BCUT2D eigenvalue weighted by molar-refractivity contribution is 6.13. The third kappa shape index (κ3) is 4.29. The van der Waals surface area contributed by atoms with Gasteiger partial charge < -0.3 is 10.6 Å². The van der Waals surface area contributed by atoms with Crippen molar-refractivity contribution >= 4 is 17.3 Å². The molecular weight excluding hydrogens is 362 g/mol. The minimum absolute atomic E-state index is 0.0492. The number of hydrogen-bond donors (Lipinski definition) is 3. The number of amides is 1. The molecule has 3 N–H and O–H groups in total. The number of rotatable bonds is 7. The lowest BCUT2D eigenvalue weighted by Gasteiger charge is -2.28. The normalized spacial score (nSPS) is 17.9. The van der Waals surface area contributed by atoms with Gasteiger partial charge in [-0.15, -0.1) is 0 Å². The van der Waals surface area contributed by atoms with Crippen molar-refractivity contribution in [3.8, 4) is 0 Å². The number of nitrogens with one attached hydrogen (secondary N) is 3. The van der Waals surface area contributed by atoms with Crippen LogP contribution in [0, 0.1) is 0 Å². The Labute approximate surface area is 171 Å². The molecule has 0 bridgehead atoms. The van der Waals surface area contributed by atoms with Crippen LogP contribution in [-0.2, 0) is 4.79 Å². The first-order valence-corrected chi connectivity index (χ1v) is 9.88. The van der Waals surface area contributed by atoms with Crippen molar-refractivity contribution in [3.05, 3.63) is 89.8 Å². The zero-order valence-corrected chi connectivity index (χ0v) is 16.4. The van der Waals surface area contributed by atoms with Gasteiger partial charge in [0.25, 0.3) is 0 Å². The van der Waals surface area contributed by atoms with Crippen LogP contribution in [0.2, 0.25) is 0 Å². The number of hydrazine groups is 1. The van der Waals surface area contributed by atoms with Crippen LogP contribution in [0.5, 0.6) is 0 Å². The largest absolute Gasteiger partial charge is 0.354 e. The van der Waals surface area contributed by atoms with Crippen LogP contribution in [0.15, 0.2) is 83.6 Å². The van der Waals surface area contributed by atoms with Gasteiger partial charge in [0, 0.05) is 12.1 Å². The summed E-state index contributed by atoms with van der Waals surface area (Å²) >= 11 is 0. The number of carbonyl (C=O) groups excluding carboxylic acids is 1. The summed E-state index contributed by atoms with van der Waals surface area (Å²) in [6, 6.07) is 19.8. The Hall–Kier alpha value is -3.22. The maximum atomic E-state index is 12.6. The monoisotopic (exact) mass is 387 g/mol. The number of allylic oxidation sites excluding steroid dienone is 1. The molecule has 4 rings (SSSR count). The number of aliphatic imine (C=N–C) groups is 1. The van der Waals surface area contributed by atoms with Gasteiger partial charge >= 0.3 is 0 Å². The summed E-state index contributed by atoms with van der Waals surface area (Å²) in [5, 5.41) is 7.97. The minimum atomic E-state index is -0.453. The van der Waals surface area contributed by atoms with Crippen LogP contribution in [0.4, 0.5) is 0 Å². The molecule has 1 unspecified atom stereocenters. The molecule has 6 heteroatoms. The Bertz CT molecular complexity index is 950. The molecular formula is C23H25N5O. The molecule has 2 aliphatic rings. The van der Waals surface area contributed by atoms with Gasteiger partial charge in [-0.25, -0.2) is 10.4 Å². The fourth-order valence-electron chi connectivity index (χ4n) is 3.40. The van der Waals surface area contributed by atoms with Crippen molar-refractivity contribution in [1.29, 1.82) is 0 Å². The third-order valence-electron chi connectivity index (χ3n) is 4.89. The molecule has 1 amide bonds. The number of benzene rings is 2. The van der Waals surface area contributed by atoms with E-state index in [0.717, 1.165) is 41.3 Å². The summed E-state index contributed by atoms with van der Waals surface area (Å²) in [6.45, 7) is 1.51. The third-order valence-corrected chi connectivity index (χ3v) is 4.89. The molecule has 0 radical (unpaired) electrons. The smallest absolute Gasteiger partial charge is 0.243 e. The van der Waals surface area contributed by atoms with E-state index in [2.05, 4.69) is 34.3 Å². The van der Waals surface area contributed by atoms with E-state index in [1.807, 2.05) is 66.7 Å². The molecule has 2 aromatic carbocycles. The van der Waals surface area contributed by atoms with Gasteiger partial charge in [-0.3, -0.25) is 9.80 Å². The van der Waals surface area contributed by atoms with E-state index in [1.54, 1.807) is 0 Å². The molecule has 148 valence electrons. The quantitative estimate of drug-likeness (QED) is 0.638. The summed E-state index contributed by atoms with van der Waals surface area (Å²) in [5.74, 6) is 0.687. The standard InChI is InChI=1S/C23H25N5O/c1-24-13-8-14-25-23(29)20-16-22-26-19(17-9-4-2-5-10-17)15-21(28(22)27-20)18-11-6-3-7-12-18/h2-7,9-12,15-16,20,24,27H,8,13-14H2,1H3,(H,25,29). The first-order valence-electron chi connectivity index (χ1n) is 9.88. The predicted molar refractivity (Wildman–Crippen MR) is 116 cm³/mol. The van der Waals surface area contributed by atoms with Gasteiger partial charge in [-0.1, -0.05) is 60.7 Å². The molecule has 2 aromatic rings. The van der Waals surface area contributed by atoms with Gasteiger partial charge in [0.1, 0.15) is 11.9 Å². The number of carbonyl (C=O) groups is 1. The van der Waals surface area contributed by atoms with Crippen LogP contribution in [-0.4, -0.2) is 42.8 Å². The molecule has 0 saturated carbocycles. The first kappa shape index (κ1) is 19.1. The molecule has 0 saturated heterocycles. The molecule has 0 fully saturated rings. The van der Waals surface area contributed by atoms with Crippen LogP contribution < -0.4 is 16.1 Å². The Morgan fingerprint density at radius 3 is 2.41 bits per heavy atom. The lowest BCUT2D eigenvalue weighted by molar-refractivity contribution is -0.122. The van der Waals surface area contributed by atoms with E-state index in [0.29, 0.717) is 6.54 Å². The van der Waals surface area contributed by atoms with E-state index >= 15 is 0 Å². The van der Waals surface area contributed by atoms with Crippen LogP contribution in [0.25, 0.3) is 5.70 Å². The summed E-state index contributed by atoms with van der Waals surface area (Å²) in [7, 11) is 1.91. The second kappa shape index (κ2) is 8.86. The van der Waals surface area contributed by atoms with Crippen molar-refractivity contribution in [2.75, 3.05) is 20.1 Å². The zero-order chi connectivity index (χ0) is 20.1. The van der Waals surface area contributed by atoms with E-state index in [9.17, 15) is 4.79 Å². The Morgan fingerprint density at radius 2 is 1.72 bits per heavy atom. The Balaban J connectivity index is 1.61. The lowest BCUT2D eigenvalue weighted by atomic mass is 10.0. The van der Waals surface area contributed by atoms with Gasteiger partial charge in [0.05, 0.1) is 11.4 Å². The van der Waals surface area contributed by atoms with Crippen LogP contribution >= 0.6 is 0 Å². The molecule has 0 spiro atoms. The molecule has 6 nitrogen and oxygen atoms in total. The average Bonchev–Trinajstić information content (AvgIpc) is 3.21. The molecule has 2 aliphatic heterocycles. The molecule has 2 heterocycles. The fraction of sp³-hybridized carbons (Fsp3) is 0.217. The first-order chi connectivity index (χ1) is 14.3. The van der Waals surface area contributed by atoms with E-state index < -0.39 is 6.04 Å². The summed E-state index contributed by atoms with van der Waals surface area (Å²) in [6.07, 6.45) is 4.83. The highest BCUT2D eigenvalue weighted by atomic mass is 16.2. The summed E-state index contributed by atoms with van der Waals surface area (Å²) in [5.41, 5.74) is 7.24. The summed E-state index contributed by atoms with van der Waals surface area (Å²) < 4.78 is 0. The Morgan fingerprint density at radius 1 is 1.03 bits per heavy atom. The average molecular weight is 387 g/mol. The number of nitrogens with zero attached hydrogens (tertiary/aromatic N) is 2. The molecule has 29 heavy (non-hydrogen) atoms. The zero-order valence-electron chi connectivity index (χ0n) is 16.4. The van der Waals surface area contributed by atoms with Gasteiger partial charge in [0.15, 0.2) is 0 Å². The maximum absolute atomic E-state index is 12.6. The van der Waals surface area contributed by atoms with E-state index in [4.69, 9.17) is 4.99 Å². The lowest BCUT2D eigenvalue weighted by Crippen LogP contribution is -2.46. The second-order valence-electron chi connectivity index (χ2n) is 6.97. The van der Waals surface area contributed by atoms with Gasteiger partial charge in [-0.2, -0.15) is 0 Å². The van der Waals surface area contributed by atoms with Crippen molar-refractivity contribution in [3.63, 3.8) is 0 Å². The molecule has 0 aliphatic carbocycles. The van der Waals surface area contributed by atoms with Crippen molar-refractivity contribution in [2.24, 2.45) is 4.99 Å². The number of hydrogen-bond acceptors (Lipinski definition) is 5. The molecule has 0 aromatic heterocycles. The fourth-order valence-corrected chi connectivity index (χ4v) is 3.40. The number of fused-ring (bicyclic) bond motifs is 1. The van der Waals surface area contributed by atoms with Crippen molar-refractivity contribution in [1.82, 2.24) is 21.1 Å². The maximum Gasteiger partial charge on any atom is 0.243 e. The second-order valence-corrected chi connectivity index (χ2v) is 6.97. The molecule has 1 atom stereocenters. The van der Waals surface area contributed by atoms with Gasteiger partial charge in [0.2, 0.25) is 5.91 Å². The van der Waals surface area contributed by atoms with Crippen LogP contribution in [0.1, 0.15) is 17.5 Å². The van der Waals surface area contributed by atoms with Gasteiger partial charge in [-0.05, 0) is 37.7 Å². The SMILES string of the molecule is CNCCCNC(=O)C1C=C2N=C(c3ccccc3)C=C(c3ccccc3)N2N1. The topological polar surface area (TPSA) is 68.8 Å². The highest BCUT2D eigenvalue weighted by Crippen LogP contribution is 2.31. The van der Waals surface area contributed by atoms with Crippen molar-refractivity contribution < 1.29 is 4.79 Å². The van der Waals surface area contributed by atoms with E-state index in [1.165, 1.54) is 0 Å².